The number of hydrogen-bond acceptors (Lipinski definition) is 18. The maximum Gasteiger partial charge on any atom is 0.220 e. The molecule has 0 saturated carbocycles. The molecule has 3 aliphatic rings. The van der Waals surface area contributed by atoms with Crippen molar-refractivity contribution in [3.63, 3.8) is 0 Å². The number of aliphatic hydroxyl groups is 11. The normalized spacial score (nSPS) is 29.2. The largest absolute Gasteiger partial charge is 0.394 e. The van der Waals surface area contributed by atoms with E-state index in [0.29, 0.717) is 6.42 Å². The Hall–Kier alpha value is -1.47. The van der Waals surface area contributed by atoms with Gasteiger partial charge in [-0.15, -0.1) is 0 Å². The Morgan fingerprint density at radius 1 is 0.417 bits per heavy atom. The molecule has 0 aromatic carbocycles. The second kappa shape index (κ2) is 48.4. The predicted molar refractivity (Wildman–Crippen MR) is 323 cm³/mol. The van der Waals surface area contributed by atoms with Gasteiger partial charge in [0.1, 0.15) is 73.2 Å². The van der Waals surface area contributed by atoms with E-state index in [1.54, 1.807) is 6.08 Å². The van der Waals surface area contributed by atoms with Gasteiger partial charge in [0.2, 0.25) is 5.91 Å². The number of aliphatic hydroxyl groups excluding tert-OH is 11. The number of unbranched alkanes of at least 4 members (excludes halogenated alkanes) is 36. The van der Waals surface area contributed by atoms with E-state index in [4.69, 9.17) is 28.4 Å². The fraction of sp³-hybridized carbons (Fsp3) is 0.954. The standard InChI is InChI=1S/C65H123NO18/c1-3-5-7-9-11-13-14-15-16-17-18-19-20-21-22-23-24-25-26-27-28-29-30-31-32-33-35-36-38-40-42-49(70)48(66-53(71)43-41-39-37-34-12-10-8-6-4-2)47-79-63-59(77)56(74)61(51(45-68)81-63)84-65-60(78)57(75)62(52(46-69)82-65)83-64-58(76)55(73)54(72)50(44-67)80-64/h40,42,48-52,54-65,67-70,72-78H,3-39,41,43-47H2,1-2H3,(H,66,71)/b42-40+. The van der Waals surface area contributed by atoms with Crippen LogP contribution in [-0.2, 0) is 33.2 Å². The summed E-state index contributed by atoms with van der Waals surface area (Å²) in [5.74, 6) is -0.276. The lowest BCUT2D eigenvalue weighted by Crippen LogP contribution is -2.66. The summed E-state index contributed by atoms with van der Waals surface area (Å²) in [4.78, 5) is 13.3. The zero-order valence-electron chi connectivity index (χ0n) is 52.2. The highest BCUT2D eigenvalue weighted by Gasteiger charge is 2.53. The summed E-state index contributed by atoms with van der Waals surface area (Å²) < 4.78 is 34.3. The van der Waals surface area contributed by atoms with Gasteiger partial charge in [0.25, 0.3) is 0 Å². The third kappa shape index (κ3) is 30.8. The Labute approximate surface area is 506 Å². The maximum atomic E-state index is 13.3. The van der Waals surface area contributed by atoms with Gasteiger partial charge in [0.15, 0.2) is 18.9 Å². The van der Waals surface area contributed by atoms with Gasteiger partial charge in [-0.1, -0.05) is 251 Å². The molecule has 19 nitrogen and oxygen atoms in total. The molecule has 0 bridgehead atoms. The van der Waals surface area contributed by atoms with Crippen LogP contribution in [0.25, 0.3) is 0 Å². The molecule has 3 fully saturated rings. The minimum atomic E-state index is -1.97. The van der Waals surface area contributed by atoms with Crippen LogP contribution in [0.4, 0.5) is 0 Å². The summed E-state index contributed by atoms with van der Waals surface area (Å²) in [5.41, 5.74) is 0. The average molecular weight is 1210 g/mol. The van der Waals surface area contributed by atoms with Gasteiger partial charge < -0.3 is 89.9 Å². The molecule has 3 saturated heterocycles. The van der Waals surface area contributed by atoms with E-state index in [1.165, 1.54) is 193 Å². The van der Waals surface area contributed by atoms with Crippen LogP contribution in [0.5, 0.6) is 0 Å². The first-order chi connectivity index (χ1) is 40.8. The van der Waals surface area contributed by atoms with Crippen LogP contribution in [0.2, 0.25) is 0 Å². The van der Waals surface area contributed by atoms with Crippen LogP contribution in [0.1, 0.15) is 264 Å². The molecule has 17 unspecified atom stereocenters. The van der Waals surface area contributed by atoms with E-state index in [9.17, 15) is 61.0 Å². The Balaban J connectivity index is 1.37. The Kier molecular flexibility index (Phi) is 44.2. The van der Waals surface area contributed by atoms with Gasteiger partial charge in [0, 0.05) is 6.42 Å². The first-order valence-electron chi connectivity index (χ1n) is 33.9. The molecule has 3 rings (SSSR count). The molecule has 496 valence electrons. The number of nitrogens with one attached hydrogen (secondary N) is 1. The number of carbonyl (C=O) groups is 1. The molecule has 1 amide bonds. The highest BCUT2D eigenvalue weighted by atomic mass is 16.8. The summed E-state index contributed by atoms with van der Waals surface area (Å²) in [6.45, 7) is 1.72. The lowest BCUT2D eigenvalue weighted by Gasteiger charge is -2.48. The lowest BCUT2D eigenvalue weighted by molar-refractivity contribution is -0.379. The van der Waals surface area contributed by atoms with Crippen LogP contribution in [-0.4, -0.2) is 193 Å². The first-order valence-corrected chi connectivity index (χ1v) is 33.9. The number of rotatable bonds is 52. The molecule has 17 atom stereocenters. The Bertz CT molecular complexity index is 1580. The van der Waals surface area contributed by atoms with Crippen LogP contribution >= 0.6 is 0 Å². The van der Waals surface area contributed by atoms with Crippen molar-refractivity contribution < 1.29 is 89.4 Å². The second-order valence-corrected chi connectivity index (χ2v) is 24.7. The number of amides is 1. The molecule has 0 aromatic heterocycles. The van der Waals surface area contributed by atoms with E-state index < -0.39 is 124 Å². The van der Waals surface area contributed by atoms with E-state index in [2.05, 4.69) is 19.2 Å². The fourth-order valence-corrected chi connectivity index (χ4v) is 11.8. The molecule has 0 aliphatic carbocycles. The molecule has 0 radical (unpaired) electrons. The van der Waals surface area contributed by atoms with E-state index in [-0.39, 0.29) is 18.9 Å². The molecule has 84 heavy (non-hydrogen) atoms. The van der Waals surface area contributed by atoms with Crippen molar-refractivity contribution in [3.8, 4) is 0 Å². The minimum Gasteiger partial charge on any atom is -0.394 e. The number of ether oxygens (including phenoxy) is 6. The minimum absolute atomic E-state index is 0.247. The lowest BCUT2D eigenvalue weighted by atomic mass is 9.96. The van der Waals surface area contributed by atoms with Crippen molar-refractivity contribution in [2.45, 2.75) is 369 Å². The summed E-state index contributed by atoms with van der Waals surface area (Å²) >= 11 is 0. The van der Waals surface area contributed by atoms with Gasteiger partial charge in [0.05, 0.1) is 38.6 Å². The summed E-state index contributed by atoms with van der Waals surface area (Å²) in [5, 5.41) is 120. The topological polar surface area (TPSA) is 307 Å². The monoisotopic (exact) mass is 1210 g/mol. The van der Waals surface area contributed by atoms with Crippen molar-refractivity contribution in [2.24, 2.45) is 0 Å². The van der Waals surface area contributed by atoms with Crippen molar-refractivity contribution in [1.82, 2.24) is 5.32 Å². The average Bonchev–Trinajstić information content (AvgIpc) is 3.13. The van der Waals surface area contributed by atoms with Gasteiger partial charge in [-0.3, -0.25) is 4.79 Å². The molecule has 3 heterocycles. The van der Waals surface area contributed by atoms with E-state index in [1.807, 2.05) is 6.08 Å². The molecule has 0 spiro atoms. The van der Waals surface area contributed by atoms with Gasteiger partial charge in [-0.25, -0.2) is 0 Å². The highest BCUT2D eigenvalue weighted by molar-refractivity contribution is 5.76. The zero-order chi connectivity index (χ0) is 61.2. The molecular formula is C65H123NO18. The number of allylic oxidation sites excluding steroid dienone is 1. The number of hydrogen-bond donors (Lipinski definition) is 12. The first kappa shape index (κ1) is 76.8. The molecule has 3 aliphatic heterocycles. The fourth-order valence-electron chi connectivity index (χ4n) is 11.8. The van der Waals surface area contributed by atoms with Crippen molar-refractivity contribution >= 4 is 5.91 Å². The third-order valence-corrected chi connectivity index (χ3v) is 17.3. The van der Waals surface area contributed by atoms with Crippen LogP contribution in [0, 0.1) is 0 Å². The molecule has 0 aromatic rings. The smallest absolute Gasteiger partial charge is 0.220 e. The van der Waals surface area contributed by atoms with Crippen molar-refractivity contribution in [2.75, 3.05) is 26.4 Å². The number of carbonyl (C=O) groups excluding carboxylic acids is 1. The predicted octanol–water partition coefficient (Wildman–Crippen LogP) is 8.11. The van der Waals surface area contributed by atoms with Gasteiger partial charge in [-0.05, 0) is 19.3 Å². The second-order valence-electron chi connectivity index (χ2n) is 24.7. The Morgan fingerprint density at radius 2 is 0.738 bits per heavy atom. The van der Waals surface area contributed by atoms with Gasteiger partial charge in [-0.2, -0.15) is 0 Å². The zero-order valence-corrected chi connectivity index (χ0v) is 52.2. The van der Waals surface area contributed by atoms with Crippen molar-refractivity contribution in [3.05, 3.63) is 12.2 Å². The summed E-state index contributed by atoms with van der Waals surface area (Å²) in [6, 6.07) is -0.966. The SMILES string of the molecule is CCCCCCCCCCCCCCCCCCCCCCCCCCCCCC/C=C/C(O)C(COC1OC(CO)C(OC2OC(CO)C(OC3OC(CO)C(O)C(O)C3O)C(O)C2O)C(O)C1O)NC(=O)CCCCCCCCCCC. The van der Waals surface area contributed by atoms with Crippen LogP contribution < -0.4 is 5.32 Å². The van der Waals surface area contributed by atoms with Crippen LogP contribution in [0.15, 0.2) is 12.2 Å². The van der Waals surface area contributed by atoms with Gasteiger partial charge >= 0.3 is 0 Å². The maximum absolute atomic E-state index is 13.3. The van der Waals surface area contributed by atoms with E-state index >= 15 is 0 Å². The summed E-state index contributed by atoms with van der Waals surface area (Å²) in [7, 11) is 0. The molecule has 12 N–H and O–H groups in total. The Morgan fingerprint density at radius 3 is 1.12 bits per heavy atom. The van der Waals surface area contributed by atoms with Crippen LogP contribution in [0.3, 0.4) is 0 Å². The highest BCUT2D eigenvalue weighted by Crippen LogP contribution is 2.33. The molecular weight excluding hydrogens is 1080 g/mol. The molecule has 19 heteroatoms. The van der Waals surface area contributed by atoms with Crippen molar-refractivity contribution in [1.29, 1.82) is 0 Å². The summed E-state index contributed by atoms with van der Waals surface area (Å²) in [6.07, 6.45) is 25.2. The van der Waals surface area contributed by atoms with E-state index in [0.717, 1.165) is 44.9 Å². The quantitative estimate of drug-likeness (QED) is 0.0202. The third-order valence-electron chi connectivity index (χ3n) is 17.3.